The number of amides is 2. The zero-order valence-electron chi connectivity index (χ0n) is 17.4. The summed E-state index contributed by atoms with van der Waals surface area (Å²) in [6.45, 7) is 5.03. The number of carbonyl (C=O) groups is 2. The number of rotatable bonds is 7. The molecule has 1 N–H and O–H groups in total. The molecule has 2 aromatic rings. The van der Waals surface area contributed by atoms with Crippen molar-refractivity contribution in [2.75, 3.05) is 25.0 Å². The Balaban J connectivity index is 1.69. The van der Waals surface area contributed by atoms with Crippen LogP contribution in [0.2, 0.25) is 5.02 Å². The fourth-order valence-electron chi connectivity index (χ4n) is 3.36. The second kappa shape index (κ2) is 10.4. The highest BCUT2D eigenvalue weighted by molar-refractivity contribution is 6.30. The molecular formula is C24H27ClN2O3. The summed E-state index contributed by atoms with van der Waals surface area (Å²) >= 11 is 5.91. The SMILES string of the molecule is Cc1cccc(NC(=O)CN(C[C@H]2CCCO2)C(=O)/C=C/c2ccc(Cl)cc2)c1C. The molecule has 1 fully saturated rings. The highest BCUT2D eigenvalue weighted by Gasteiger charge is 2.23. The number of hydrogen-bond acceptors (Lipinski definition) is 3. The maximum atomic E-state index is 12.9. The van der Waals surface area contributed by atoms with E-state index in [-0.39, 0.29) is 24.5 Å². The van der Waals surface area contributed by atoms with Crippen LogP contribution in [-0.4, -0.2) is 42.5 Å². The maximum absolute atomic E-state index is 12.9. The van der Waals surface area contributed by atoms with Gasteiger partial charge in [0.05, 0.1) is 6.10 Å². The summed E-state index contributed by atoms with van der Waals surface area (Å²) in [6.07, 6.45) is 5.05. The first-order valence-corrected chi connectivity index (χ1v) is 10.5. The molecule has 0 spiro atoms. The Kier molecular flexibility index (Phi) is 7.66. The van der Waals surface area contributed by atoms with Gasteiger partial charge in [-0.05, 0) is 67.7 Å². The zero-order chi connectivity index (χ0) is 21.5. The van der Waals surface area contributed by atoms with E-state index in [0.29, 0.717) is 18.2 Å². The third kappa shape index (κ3) is 6.18. The van der Waals surface area contributed by atoms with Gasteiger partial charge in [-0.2, -0.15) is 0 Å². The Bertz CT molecular complexity index is 919. The molecule has 0 bridgehead atoms. The van der Waals surface area contributed by atoms with Gasteiger partial charge in [0.15, 0.2) is 0 Å². The van der Waals surface area contributed by atoms with Gasteiger partial charge in [0.25, 0.3) is 0 Å². The molecule has 6 heteroatoms. The Hall–Kier alpha value is -2.63. The summed E-state index contributed by atoms with van der Waals surface area (Å²) in [6, 6.07) is 13.0. The van der Waals surface area contributed by atoms with Crippen LogP contribution in [0.5, 0.6) is 0 Å². The number of nitrogens with zero attached hydrogens (tertiary/aromatic N) is 1. The molecule has 1 atom stereocenters. The molecule has 5 nitrogen and oxygen atoms in total. The molecular weight excluding hydrogens is 400 g/mol. The first kappa shape index (κ1) is 22.1. The summed E-state index contributed by atoms with van der Waals surface area (Å²) < 4.78 is 5.68. The van der Waals surface area contributed by atoms with E-state index in [2.05, 4.69) is 5.32 Å². The second-order valence-electron chi connectivity index (χ2n) is 7.53. The summed E-state index contributed by atoms with van der Waals surface area (Å²) in [5, 5.41) is 3.57. The van der Waals surface area contributed by atoms with Gasteiger partial charge >= 0.3 is 0 Å². The molecule has 2 amide bonds. The van der Waals surface area contributed by atoms with E-state index in [4.69, 9.17) is 16.3 Å². The lowest BCUT2D eigenvalue weighted by atomic mass is 10.1. The van der Waals surface area contributed by atoms with Gasteiger partial charge in [0.2, 0.25) is 11.8 Å². The number of benzene rings is 2. The zero-order valence-corrected chi connectivity index (χ0v) is 18.1. The maximum Gasteiger partial charge on any atom is 0.247 e. The average Bonchev–Trinajstić information content (AvgIpc) is 3.23. The number of nitrogens with one attached hydrogen (secondary N) is 1. The van der Waals surface area contributed by atoms with Crippen LogP contribution in [-0.2, 0) is 14.3 Å². The number of aryl methyl sites for hydroxylation is 1. The number of halogens is 1. The Labute approximate surface area is 182 Å². The minimum Gasteiger partial charge on any atom is -0.376 e. The molecule has 1 aliphatic heterocycles. The van der Waals surface area contributed by atoms with Crippen LogP contribution in [0.25, 0.3) is 6.08 Å². The van der Waals surface area contributed by atoms with Crippen molar-refractivity contribution in [3.8, 4) is 0 Å². The van der Waals surface area contributed by atoms with Crippen LogP contribution in [0, 0.1) is 13.8 Å². The van der Waals surface area contributed by atoms with Crippen molar-refractivity contribution < 1.29 is 14.3 Å². The van der Waals surface area contributed by atoms with Crippen molar-refractivity contribution >= 4 is 35.2 Å². The molecule has 1 aliphatic rings. The van der Waals surface area contributed by atoms with Crippen molar-refractivity contribution in [2.45, 2.75) is 32.8 Å². The minimum absolute atomic E-state index is 0.0307. The molecule has 3 rings (SSSR count). The molecule has 0 saturated carbocycles. The van der Waals surface area contributed by atoms with E-state index in [0.717, 1.165) is 35.2 Å². The fraction of sp³-hybridized carbons (Fsp3) is 0.333. The van der Waals surface area contributed by atoms with Crippen LogP contribution >= 0.6 is 11.6 Å². The lowest BCUT2D eigenvalue weighted by Gasteiger charge is -2.24. The van der Waals surface area contributed by atoms with Crippen LogP contribution in [0.15, 0.2) is 48.5 Å². The van der Waals surface area contributed by atoms with Crippen molar-refractivity contribution in [3.63, 3.8) is 0 Å². The summed E-state index contributed by atoms with van der Waals surface area (Å²) in [7, 11) is 0. The van der Waals surface area contributed by atoms with Crippen LogP contribution in [0.1, 0.15) is 29.5 Å². The van der Waals surface area contributed by atoms with E-state index in [1.54, 1.807) is 23.1 Å². The number of ether oxygens (including phenoxy) is 1. The van der Waals surface area contributed by atoms with Gasteiger partial charge < -0.3 is 15.0 Å². The van der Waals surface area contributed by atoms with Gasteiger partial charge in [0, 0.05) is 29.9 Å². The molecule has 30 heavy (non-hydrogen) atoms. The lowest BCUT2D eigenvalue weighted by Crippen LogP contribution is -2.41. The van der Waals surface area contributed by atoms with E-state index in [9.17, 15) is 9.59 Å². The smallest absolute Gasteiger partial charge is 0.247 e. The quantitative estimate of drug-likeness (QED) is 0.657. The predicted octanol–water partition coefficient (Wildman–Crippen LogP) is 4.62. The van der Waals surface area contributed by atoms with Crippen LogP contribution in [0.4, 0.5) is 5.69 Å². The second-order valence-corrected chi connectivity index (χ2v) is 7.97. The molecule has 0 radical (unpaired) electrons. The van der Waals surface area contributed by atoms with E-state index in [1.165, 1.54) is 6.08 Å². The first-order valence-electron chi connectivity index (χ1n) is 10.1. The van der Waals surface area contributed by atoms with Crippen molar-refractivity contribution in [1.29, 1.82) is 0 Å². The fourth-order valence-corrected chi connectivity index (χ4v) is 3.49. The number of hydrogen-bond donors (Lipinski definition) is 1. The van der Waals surface area contributed by atoms with Gasteiger partial charge in [-0.25, -0.2) is 0 Å². The third-order valence-corrected chi connectivity index (χ3v) is 5.51. The van der Waals surface area contributed by atoms with Crippen molar-refractivity contribution in [3.05, 3.63) is 70.3 Å². The van der Waals surface area contributed by atoms with Gasteiger partial charge in [-0.15, -0.1) is 0 Å². The molecule has 1 heterocycles. The molecule has 1 saturated heterocycles. The van der Waals surface area contributed by atoms with Crippen LogP contribution in [0.3, 0.4) is 0 Å². The predicted molar refractivity (Wildman–Crippen MR) is 121 cm³/mol. The van der Waals surface area contributed by atoms with E-state index < -0.39 is 0 Å². The van der Waals surface area contributed by atoms with Crippen molar-refractivity contribution in [2.24, 2.45) is 0 Å². The molecule has 2 aromatic carbocycles. The minimum atomic E-state index is -0.227. The first-order chi connectivity index (χ1) is 14.4. The molecule has 0 aromatic heterocycles. The van der Waals surface area contributed by atoms with Crippen LogP contribution < -0.4 is 5.32 Å². The summed E-state index contributed by atoms with van der Waals surface area (Å²) in [5.74, 6) is -0.452. The van der Waals surface area contributed by atoms with E-state index in [1.807, 2.05) is 44.2 Å². The van der Waals surface area contributed by atoms with Gasteiger partial charge in [-0.3, -0.25) is 9.59 Å². The van der Waals surface area contributed by atoms with Gasteiger partial charge in [0.1, 0.15) is 6.54 Å². The Morgan fingerprint density at radius 1 is 1.20 bits per heavy atom. The number of carbonyl (C=O) groups excluding carboxylic acids is 2. The largest absolute Gasteiger partial charge is 0.376 e. The van der Waals surface area contributed by atoms with Gasteiger partial charge in [-0.1, -0.05) is 35.9 Å². The summed E-state index contributed by atoms with van der Waals surface area (Å²) in [4.78, 5) is 27.1. The average molecular weight is 427 g/mol. The molecule has 0 unspecified atom stereocenters. The highest BCUT2D eigenvalue weighted by atomic mass is 35.5. The van der Waals surface area contributed by atoms with Crippen molar-refractivity contribution in [1.82, 2.24) is 4.90 Å². The normalized spacial score (nSPS) is 16.0. The molecule has 158 valence electrons. The Morgan fingerprint density at radius 3 is 2.67 bits per heavy atom. The highest BCUT2D eigenvalue weighted by Crippen LogP contribution is 2.19. The third-order valence-electron chi connectivity index (χ3n) is 5.26. The summed E-state index contributed by atoms with van der Waals surface area (Å²) in [5.41, 5.74) is 3.75. The lowest BCUT2D eigenvalue weighted by molar-refractivity contribution is -0.131. The Morgan fingerprint density at radius 2 is 1.97 bits per heavy atom. The van der Waals surface area contributed by atoms with E-state index >= 15 is 0 Å². The molecule has 0 aliphatic carbocycles. The monoisotopic (exact) mass is 426 g/mol. The number of anilines is 1. The topological polar surface area (TPSA) is 58.6 Å². The standard InChI is InChI=1S/C24H27ClN2O3/c1-17-5-3-7-22(18(17)2)26-23(28)16-27(15-21-6-4-14-30-21)24(29)13-10-19-8-11-20(25)12-9-19/h3,5,7-13,21H,4,6,14-16H2,1-2H3,(H,26,28)/b13-10+/t21-/m1/s1.